The molecule has 6 rings (SSSR count). The van der Waals surface area contributed by atoms with E-state index >= 15 is 0 Å². The summed E-state index contributed by atoms with van der Waals surface area (Å²) in [6, 6.07) is 39.6. The van der Waals surface area contributed by atoms with Crippen LogP contribution in [0.5, 0.6) is 0 Å². The lowest BCUT2D eigenvalue weighted by atomic mass is 9.93. The van der Waals surface area contributed by atoms with E-state index in [0.717, 1.165) is 59.7 Å². The van der Waals surface area contributed by atoms with Gasteiger partial charge in [-0.15, -0.1) is 11.8 Å². The first-order valence-corrected chi connectivity index (χ1v) is 19.5. The van der Waals surface area contributed by atoms with Crippen LogP contribution in [0.1, 0.15) is 26.7 Å². The van der Waals surface area contributed by atoms with Crippen molar-refractivity contribution in [3.63, 3.8) is 0 Å². The molecule has 0 saturated carbocycles. The van der Waals surface area contributed by atoms with Crippen LogP contribution in [0.3, 0.4) is 0 Å². The molecule has 1 N–H and O–H groups in total. The molecule has 0 bridgehead atoms. The van der Waals surface area contributed by atoms with E-state index in [4.69, 9.17) is 4.42 Å². The number of anilines is 1. The average molecular weight is 696 g/mol. The van der Waals surface area contributed by atoms with E-state index < -0.39 is 10.1 Å². The third-order valence-electron chi connectivity index (χ3n) is 8.10. The van der Waals surface area contributed by atoms with Crippen molar-refractivity contribution >= 4 is 50.3 Å². The zero-order valence-corrected chi connectivity index (χ0v) is 29.5. The zero-order chi connectivity index (χ0) is 33.5. The Morgan fingerprint density at radius 2 is 1.44 bits per heavy atom. The summed E-state index contributed by atoms with van der Waals surface area (Å²) in [5.74, 6) is 2.18. The van der Waals surface area contributed by atoms with Crippen LogP contribution in [-0.4, -0.2) is 37.8 Å². The number of nitrogens with zero attached hydrogens (tertiary/aromatic N) is 2. The summed E-state index contributed by atoms with van der Waals surface area (Å²) >= 11 is 3.56. The van der Waals surface area contributed by atoms with E-state index in [1.807, 2.05) is 24.3 Å². The molecule has 1 aliphatic heterocycles. The van der Waals surface area contributed by atoms with E-state index in [1.165, 1.54) is 15.9 Å². The fourth-order valence-corrected chi connectivity index (χ4v) is 8.43. The molecule has 1 aliphatic carbocycles. The second kappa shape index (κ2) is 15.5. The molecule has 6 nitrogen and oxygen atoms in total. The molecule has 4 aromatic rings. The molecule has 48 heavy (non-hydrogen) atoms. The molecule has 0 atom stereocenters. The van der Waals surface area contributed by atoms with Crippen molar-refractivity contribution in [1.82, 2.24) is 4.58 Å². The van der Waals surface area contributed by atoms with Crippen LogP contribution in [0, 0.1) is 0 Å². The topological polar surface area (TPSA) is 73.8 Å². The zero-order valence-electron chi connectivity index (χ0n) is 27.1. The Kier molecular flexibility index (Phi) is 10.9. The molecule has 0 radical (unpaired) electrons. The van der Waals surface area contributed by atoms with E-state index in [1.54, 1.807) is 41.7 Å². The van der Waals surface area contributed by atoms with E-state index in [9.17, 15) is 13.0 Å². The number of thioether (sulfide) groups is 2. The molecular weight excluding hydrogens is 657 g/mol. The van der Waals surface area contributed by atoms with Gasteiger partial charge in [0.1, 0.15) is 22.8 Å². The third kappa shape index (κ3) is 7.81. The van der Waals surface area contributed by atoms with Crippen LogP contribution in [-0.2, 0) is 10.1 Å². The quantitative estimate of drug-likeness (QED) is 0.0424. The van der Waals surface area contributed by atoms with Crippen molar-refractivity contribution in [2.45, 2.75) is 41.4 Å². The van der Waals surface area contributed by atoms with Crippen molar-refractivity contribution < 1.29 is 17.4 Å². The van der Waals surface area contributed by atoms with Gasteiger partial charge in [-0.25, -0.2) is 4.58 Å². The molecule has 0 amide bonds. The maximum atomic E-state index is 12.6. The fraction of sp³-hybridized carbons (Fsp3) is 0.205. The molecule has 0 aromatic heterocycles. The van der Waals surface area contributed by atoms with Crippen molar-refractivity contribution in [3.8, 4) is 22.5 Å². The summed E-state index contributed by atoms with van der Waals surface area (Å²) in [6.45, 7) is 6.07. The monoisotopic (exact) mass is 695 g/mol. The van der Waals surface area contributed by atoms with Gasteiger partial charge in [0.2, 0.25) is 5.36 Å². The second-order valence-corrected chi connectivity index (χ2v) is 14.9. The van der Waals surface area contributed by atoms with Gasteiger partial charge in [-0.3, -0.25) is 4.55 Å². The molecular formula is C39H39N2O4S3+. The van der Waals surface area contributed by atoms with Gasteiger partial charge < -0.3 is 9.32 Å². The lowest BCUT2D eigenvalue weighted by Gasteiger charge is -2.25. The highest BCUT2D eigenvalue weighted by atomic mass is 32.2. The average Bonchev–Trinajstić information content (AvgIpc) is 3.11. The van der Waals surface area contributed by atoms with Crippen LogP contribution in [0.25, 0.3) is 33.4 Å². The summed E-state index contributed by atoms with van der Waals surface area (Å²) < 4.78 is 44.6. The van der Waals surface area contributed by atoms with Crippen LogP contribution in [0.15, 0.2) is 140 Å². The minimum Gasteiger partial charge on any atom is -0.456 e. The molecule has 0 fully saturated rings. The Labute approximate surface area is 291 Å². The number of fused-ring (bicyclic) bond motifs is 2. The summed E-state index contributed by atoms with van der Waals surface area (Å²) in [4.78, 5) is 4.61. The third-order valence-corrected chi connectivity index (χ3v) is 11.1. The summed E-state index contributed by atoms with van der Waals surface area (Å²) in [5, 5.41) is 1.79. The smallest absolute Gasteiger partial charge is 0.295 e. The van der Waals surface area contributed by atoms with Gasteiger partial charge in [-0.1, -0.05) is 80.2 Å². The number of hydrogen-bond acceptors (Lipinski definition) is 6. The maximum absolute atomic E-state index is 12.6. The largest absolute Gasteiger partial charge is 0.456 e. The molecule has 0 saturated heterocycles. The van der Waals surface area contributed by atoms with Gasteiger partial charge in [0, 0.05) is 62.7 Å². The maximum Gasteiger partial charge on any atom is 0.295 e. The van der Waals surface area contributed by atoms with Gasteiger partial charge in [0.05, 0.1) is 11.9 Å². The number of rotatable bonds is 13. The summed E-state index contributed by atoms with van der Waals surface area (Å²) in [6.07, 6.45) is 1.96. The predicted molar refractivity (Wildman–Crippen MR) is 200 cm³/mol. The van der Waals surface area contributed by atoms with Gasteiger partial charge in [-0.05, 0) is 55.0 Å². The highest BCUT2D eigenvalue weighted by Gasteiger charge is 2.24. The Morgan fingerprint density at radius 3 is 2.12 bits per heavy atom. The molecule has 246 valence electrons. The first-order chi connectivity index (χ1) is 23.4. The Bertz CT molecular complexity index is 2150. The Hall–Kier alpha value is -4.02. The SMILES string of the molecule is CCCN(CSc1ccccc1)c1ccc2c(-c3ccccc3S(=O)(=O)O)c3cc/c(=[N+](\CCC)CSc4ccccc4)cc-3oc2c1. The van der Waals surface area contributed by atoms with Gasteiger partial charge in [0.25, 0.3) is 10.1 Å². The van der Waals surface area contributed by atoms with Crippen molar-refractivity contribution in [2.24, 2.45) is 0 Å². The normalized spacial score (nSPS) is 12.4. The minimum absolute atomic E-state index is 0.134. The van der Waals surface area contributed by atoms with E-state index in [2.05, 4.69) is 96.1 Å². The predicted octanol–water partition coefficient (Wildman–Crippen LogP) is 9.35. The minimum atomic E-state index is -4.50. The fourth-order valence-electron chi connectivity index (χ4n) is 5.86. The van der Waals surface area contributed by atoms with Gasteiger partial charge in [0.15, 0.2) is 5.88 Å². The van der Waals surface area contributed by atoms with Crippen molar-refractivity contribution in [2.75, 3.05) is 29.7 Å². The molecule has 9 heteroatoms. The number of hydrogen-bond donors (Lipinski definition) is 1. The van der Waals surface area contributed by atoms with E-state index in [-0.39, 0.29) is 4.90 Å². The van der Waals surface area contributed by atoms with Crippen LogP contribution in [0.2, 0.25) is 0 Å². The lowest BCUT2D eigenvalue weighted by molar-refractivity contribution is 0.483. The highest BCUT2D eigenvalue weighted by Crippen LogP contribution is 2.43. The van der Waals surface area contributed by atoms with Crippen LogP contribution < -0.4 is 14.8 Å². The van der Waals surface area contributed by atoms with Crippen molar-refractivity contribution in [3.05, 3.63) is 127 Å². The Balaban J connectivity index is 1.53. The van der Waals surface area contributed by atoms with Crippen LogP contribution in [0.4, 0.5) is 5.69 Å². The first-order valence-electron chi connectivity index (χ1n) is 16.1. The second-order valence-electron chi connectivity index (χ2n) is 11.5. The Morgan fingerprint density at radius 1 is 0.750 bits per heavy atom. The molecule has 0 unspecified atom stereocenters. The summed E-state index contributed by atoms with van der Waals surface area (Å²) in [5.41, 5.74) is 3.57. The van der Waals surface area contributed by atoms with E-state index in [0.29, 0.717) is 22.5 Å². The highest BCUT2D eigenvalue weighted by molar-refractivity contribution is 7.99. The molecule has 2 aliphatic rings. The van der Waals surface area contributed by atoms with Gasteiger partial charge in [-0.2, -0.15) is 8.42 Å². The number of benzene rings is 5. The molecule has 1 heterocycles. The first kappa shape index (κ1) is 33.9. The van der Waals surface area contributed by atoms with Crippen molar-refractivity contribution in [1.29, 1.82) is 0 Å². The van der Waals surface area contributed by atoms with Gasteiger partial charge >= 0.3 is 0 Å². The molecule has 0 spiro atoms. The standard InChI is InChI=1S/C39H38N2O4S3/c1-3-23-40(27-46-31-13-7-5-8-14-31)29-19-21-33-36(25-29)45-37-26-30(41(24-4-2)28-47-32-15-9-6-10-16-32)20-22-34(37)39(33)35-17-11-12-18-38(35)48(42,43)44/h5-22,25-26H,3-4,23-24,27-28H2,1-2H3/p+1. The molecule has 4 aromatic carbocycles. The lowest BCUT2D eigenvalue weighted by Crippen LogP contribution is -2.30. The summed E-state index contributed by atoms with van der Waals surface area (Å²) in [7, 11) is -4.50. The van der Waals surface area contributed by atoms with Crippen LogP contribution >= 0.6 is 23.5 Å².